The van der Waals surface area contributed by atoms with E-state index in [1.54, 1.807) is 29.3 Å². The van der Waals surface area contributed by atoms with Crippen molar-refractivity contribution in [2.45, 2.75) is 52.4 Å². The van der Waals surface area contributed by atoms with Gasteiger partial charge in [0.25, 0.3) is 0 Å². The van der Waals surface area contributed by atoms with E-state index in [0.717, 1.165) is 72.5 Å². The number of aromatic nitrogens is 1. The summed E-state index contributed by atoms with van der Waals surface area (Å²) in [4.78, 5) is 24.4. The van der Waals surface area contributed by atoms with Crippen LogP contribution in [0, 0.1) is 25.2 Å². The maximum Gasteiger partial charge on any atom is 1.00 e. The zero-order valence-electron chi connectivity index (χ0n) is 31.4. The molecule has 284 valence electrons. The number of carboxylic acid groups (broad SMARTS) is 1. The summed E-state index contributed by atoms with van der Waals surface area (Å²) in [5.74, 6) is 1.18. The first-order valence-corrected chi connectivity index (χ1v) is 18.2. The maximum atomic E-state index is 11.6. The summed E-state index contributed by atoms with van der Waals surface area (Å²) >= 11 is 6.82. The lowest BCUT2D eigenvalue weighted by Gasteiger charge is -2.29. The van der Waals surface area contributed by atoms with Gasteiger partial charge in [0.1, 0.15) is 48.9 Å². The quantitative estimate of drug-likeness (QED) is 0.173. The molecule has 13 heteroatoms. The fourth-order valence-electron chi connectivity index (χ4n) is 6.75. The number of hydrogen-bond donors (Lipinski definition) is 2. The van der Waals surface area contributed by atoms with E-state index in [1.165, 1.54) is 6.20 Å². The highest BCUT2D eigenvalue weighted by Gasteiger charge is 2.26. The van der Waals surface area contributed by atoms with Gasteiger partial charge in [-0.05, 0) is 79.1 Å². The highest BCUT2D eigenvalue weighted by Crippen LogP contribution is 2.37. The minimum absolute atomic E-state index is 0. The first-order chi connectivity index (χ1) is 25.7. The van der Waals surface area contributed by atoms with Crippen LogP contribution < -0.4 is 26.6 Å². The summed E-state index contributed by atoms with van der Waals surface area (Å²) in [6.45, 7) is 8.64. The number of piperidine rings is 1. The van der Waals surface area contributed by atoms with Gasteiger partial charge in [-0.15, -0.1) is 0 Å². The monoisotopic (exact) mass is 773 g/mol. The van der Waals surface area contributed by atoms with Crippen LogP contribution in [0.15, 0.2) is 72.0 Å². The number of hydrogen-bond acceptors (Lipinski definition) is 10. The molecule has 1 saturated heterocycles. The molecule has 2 aliphatic heterocycles. The van der Waals surface area contributed by atoms with E-state index in [4.69, 9.17) is 25.8 Å². The Morgan fingerprint density at radius 3 is 2.44 bits per heavy atom. The van der Waals surface area contributed by atoms with Crippen molar-refractivity contribution in [3.05, 3.63) is 105 Å². The van der Waals surface area contributed by atoms with E-state index in [9.17, 15) is 20.3 Å². The number of carboxylic acids is 1. The van der Waals surface area contributed by atoms with Crippen molar-refractivity contribution in [3.63, 3.8) is 0 Å². The van der Waals surface area contributed by atoms with Crippen LogP contribution in [0.5, 0.6) is 17.2 Å². The summed E-state index contributed by atoms with van der Waals surface area (Å²) in [5.41, 5.74) is 6.94. The van der Waals surface area contributed by atoms with Crippen LogP contribution in [0.25, 0.3) is 11.1 Å². The second-order valence-corrected chi connectivity index (χ2v) is 13.8. The van der Waals surface area contributed by atoms with Gasteiger partial charge in [-0.25, -0.2) is 0 Å². The summed E-state index contributed by atoms with van der Waals surface area (Å²) in [5, 5.41) is 28.9. The van der Waals surface area contributed by atoms with Crippen molar-refractivity contribution < 1.29 is 43.1 Å². The molecule has 1 fully saturated rings. The first kappa shape index (κ1) is 40.3. The minimum Gasteiger partial charge on any atom is -1.00 e. The van der Waals surface area contributed by atoms with Gasteiger partial charge < -0.3 is 46.6 Å². The van der Waals surface area contributed by atoms with E-state index in [1.807, 2.05) is 24.3 Å². The first-order valence-electron chi connectivity index (χ1n) is 17.9. The zero-order chi connectivity index (χ0) is 37.3. The van der Waals surface area contributed by atoms with Crippen LogP contribution in [-0.4, -0.2) is 88.8 Å². The fourth-order valence-corrected chi connectivity index (χ4v) is 6.96. The summed E-state index contributed by atoms with van der Waals surface area (Å²) in [6, 6.07) is 19.5. The molecular weight excluding hydrogens is 729 g/mol. The van der Waals surface area contributed by atoms with Crippen LogP contribution >= 0.6 is 11.6 Å². The van der Waals surface area contributed by atoms with Crippen molar-refractivity contribution in [1.82, 2.24) is 14.8 Å². The van der Waals surface area contributed by atoms with Crippen molar-refractivity contribution in [3.8, 4) is 34.4 Å². The Morgan fingerprint density at radius 1 is 0.944 bits per heavy atom. The zero-order valence-corrected chi connectivity index (χ0v) is 31.9. The van der Waals surface area contributed by atoms with Crippen molar-refractivity contribution in [2.24, 2.45) is 4.99 Å². The molecule has 4 aromatic rings. The number of rotatable bonds is 15. The maximum absolute atomic E-state index is 11.6. The lowest BCUT2D eigenvalue weighted by Crippen LogP contribution is -3.00. The number of halogens is 2. The van der Waals surface area contributed by atoms with E-state index in [2.05, 4.69) is 46.9 Å². The number of nitrogens with zero attached hydrogens (tertiary/aromatic N) is 5. The third-order valence-corrected chi connectivity index (χ3v) is 9.98. The Kier molecular flexibility index (Phi) is 14.1. The second kappa shape index (κ2) is 18.9. The van der Waals surface area contributed by atoms with Crippen LogP contribution in [0.4, 0.5) is 0 Å². The van der Waals surface area contributed by atoms with Crippen LogP contribution in [-0.2, 0) is 18.0 Å². The van der Waals surface area contributed by atoms with Crippen LogP contribution in [0.3, 0.4) is 0 Å². The van der Waals surface area contributed by atoms with E-state index < -0.39 is 5.97 Å². The van der Waals surface area contributed by atoms with Crippen molar-refractivity contribution in [1.29, 1.82) is 5.26 Å². The number of carbonyl (C=O) groups is 1. The number of aliphatic hydroxyl groups excluding tert-OH is 1. The van der Waals surface area contributed by atoms with E-state index >= 15 is 0 Å². The summed E-state index contributed by atoms with van der Waals surface area (Å²) < 4.78 is 18.9. The van der Waals surface area contributed by atoms with Crippen LogP contribution in [0.1, 0.15) is 54.1 Å². The molecule has 54 heavy (non-hydrogen) atoms. The smallest absolute Gasteiger partial charge is 1.00 e. The molecule has 11 nitrogen and oxygen atoms in total. The topological polar surface area (TPSA) is 141 Å². The SMILES string of the molecule is Cc1c(COc2cc(OCc3cncc(C#N)c3)c(C3=NCCN3CC(=O)O)cc2Cl)cccc1-c1cccc(OCCCN2CCC(O)CC2)c1C.[Cl-].[H+]. The Labute approximate surface area is 328 Å². The van der Waals surface area contributed by atoms with Crippen LogP contribution in [0.2, 0.25) is 5.02 Å². The summed E-state index contributed by atoms with van der Waals surface area (Å²) in [6.07, 6.45) is 5.53. The molecule has 1 aromatic heterocycles. The molecule has 2 N–H and O–H groups in total. The third-order valence-electron chi connectivity index (χ3n) is 9.69. The molecular formula is C41H45Cl2N5O6. The van der Waals surface area contributed by atoms with Crippen molar-refractivity contribution >= 4 is 23.4 Å². The van der Waals surface area contributed by atoms with E-state index in [0.29, 0.717) is 58.7 Å². The predicted octanol–water partition coefficient (Wildman–Crippen LogP) is 3.54. The molecule has 0 aliphatic carbocycles. The number of pyridine rings is 1. The number of aliphatic carboxylic acids is 1. The molecule has 0 unspecified atom stereocenters. The lowest BCUT2D eigenvalue weighted by atomic mass is 9.93. The number of amidine groups is 1. The lowest BCUT2D eigenvalue weighted by molar-refractivity contribution is -0.137. The fraction of sp³-hybridized carbons (Fsp3) is 0.366. The number of likely N-dealkylation sites (tertiary alicyclic amines) is 1. The molecule has 2 aliphatic rings. The second-order valence-electron chi connectivity index (χ2n) is 13.4. The van der Waals surface area contributed by atoms with Gasteiger partial charge in [0, 0.05) is 50.2 Å². The highest BCUT2D eigenvalue weighted by molar-refractivity contribution is 6.32. The largest absolute Gasteiger partial charge is 1.00 e. The van der Waals surface area contributed by atoms with Gasteiger partial charge in [-0.2, -0.15) is 5.26 Å². The molecule has 0 amide bonds. The van der Waals surface area contributed by atoms with E-state index in [-0.39, 0.29) is 39.7 Å². The molecule has 0 atom stereocenters. The molecule has 0 radical (unpaired) electrons. The number of aliphatic hydroxyl groups is 1. The average molecular weight is 775 g/mol. The Bertz CT molecular complexity index is 2020. The molecule has 0 bridgehead atoms. The number of aliphatic imine (C=N–C) groups is 1. The Morgan fingerprint density at radius 2 is 1.69 bits per heavy atom. The van der Waals surface area contributed by atoms with Gasteiger partial charge in [0.15, 0.2) is 0 Å². The standard InChI is InChI=1S/C41H44ClN5O6.ClH/c1-27-31(6-3-7-33(27)34-8-4-9-37(28(34)2)51-17-5-13-46-14-10-32(48)11-15-46)26-53-39-20-38(52-25-30-18-29(21-43)22-44-23-30)35(19-36(39)42)41-45-12-16-47(41)24-40(49)50;/h3-4,6-9,18-20,22-23,32,48H,5,10-17,24-26H2,1-2H3,(H,49,50);1H. The number of ether oxygens (including phenoxy) is 3. The molecule has 0 saturated carbocycles. The normalized spacial score (nSPS) is 14.6. The number of nitriles is 1. The Hall–Kier alpha value is -4.86. The van der Waals surface area contributed by atoms with Gasteiger partial charge >= 0.3 is 7.40 Å². The highest BCUT2D eigenvalue weighted by atomic mass is 35.5. The minimum atomic E-state index is -0.967. The average Bonchev–Trinajstić information content (AvgIpc) is 3.61. The van der Waals surface area contributed by atoms with Gasteiger partial charge in [0.2, 0.25) is 0 Å². The van der Waals surface area contributed by atoms with Gasteiger partial charge in [-0.3, -0.25) is 14.8 Å². The number of benzene rings is 3. The predicted molar refractivity (Wildman–Crippen MR) is 204 cm³/mol. The van der Waals surface area contributed by atoms with Crippen molar-refractivity contribution in [2.75, 3.05) is 45.9 Å². The molecule has 0 spiro atoms. The molecule has 3 heterocycles. The summed E-state index contributed by atoms with van der Waals surface area (Å²) in [7, 11) is 0. The van der Waals surface area contributed by atoms with Gasteiger partial charge in [-0.1, -0.05) is 41.9 Å². The molecule has 3 aromatic carbocycles. The van der Waals surface area contributed by atoms with Gasteiger partial charge in [0.05, 0.1) is 35.4 Å². The Balaban J connectivity index is 0.00000336. The third kappa shape index (κ3) is 10.0. The molecule has 6 rings (SSSR count).